The molecule has 12 heteroatoms. The van der Waals surface area contributed by atoms with Crippen molar-refractivity contribution in [3.05, 3.63) is 59.9 Å². The lowest BCUT2D eigenvalue weighted by molar-refractivity contribution is -0.201. The van der Waals surface area contributed by atoms with Gasteiger partial charge in [-0.3, -0.25) is 9.36 Å². The molecule has 0 bridgehead atoms. The van der Waals surface area contributed by atoms with Crippen LogP contribution in [0.4, 0.5) is 26.3 Å². The van der Waals surface area contributed by atoms with Gasteiger partial charge in [-0.1, -0.05) is 0 Å². The second-order valence-electron chi connectivity index (χ2n) is 7.41. The number of aromatic nitrogens is 3. The third-order valence-electron chi connectivity index (χ3n) is 5.17. The monoisotopic (exact) mass is 470 g/mol. The molecule has 4 aromatic rings. The van der Waals surface area contributed by atoms with Crippen LogP contribution in [0.1, 0.15) is 15.9 Å². The fraction of sp³-hybridized carbons (Fsp3) is 0.238. The van der Waals surface area contributed by atoms with Gasteiger partial charge in [-0.05, 0) is 42.5 Å². The fourth-order valence-electron chi connectivity index (χ4n) is 3.54. The number of hydrogen-bond donors (Lipinski definition) is 2. The number of halogens is 6. The zero-order valence-electron chi connectivity index (χ0n) is 16.9. The van der Waals surface area contributed by atoms with E-state index in [2.05, 4.69) is 4.98 Å². The minimum Gasteiger partial charge on any atom is -0.382 e. The molecule has 1 atom stereocenters. The normalized spacial score (nSPS) is 13.6. The molecule has 0 aliphatic rings. The van der Waals surface area contributed by atoms with Gasteiger partial charge in [0, 0.05) is 23.7 Å². The van der Waals surface area contributed by atoms with Crippen molar-refractivity contribution in [1.29, 1.82) is 0 Å². The van der Waals surface area contributed by atoms with Crippen LogP contribution in [-0.2, 0) is 13.2 Å². The second kappa shape index (κ2) is 7.80. The molecule has 2 N–H and O–H groups in total. The Morgan fingerprint density at radius 2 is 1.76 bits per heavy atom. The summed E-state index contributed by atoms with van der Waals surface area (Å²) in [5.74, 6) is -0.821. The number of carbonyl (C=O) groups excluding carboxylic acids is 1. The molecule has 2 heterocycles. The van der Waals surface area contributed by atoms with Gasteiger partial charge in [-0.15, -0.1) is 0 Å². The molecular weight excluding hydrogens is 454 g/mol. The Hall–Kier alpha value is -3.54. The Morgan fingerprint density at radius 1 is 1.09 bits per heavy atom. The zero-order chi connectivity index (χ0) is 24.1. The maximum absolute atomic E-state index is 12.9. The van der Waals surface area contributed by atoms with E-state index in [0.29, 0.717) is 27.8 Å². The van der Waals surface area contributed by atoms with Crippen molar-refractivity contribution >= 4 is 28.0 Å². The number of benzene rings is 2. The highest BCUT2D eigenvalue weighted by molar-refractivity contribution is 6.09. The van der Waals surface area contributed by atoms with Crippen LogP contribution in [0.25, 0.3) is 27.8 Å². The Labute approximate surface area is 182 Å². The molecule has 0 radical (unpaired) electrons. The summed E-state index contributed by atoms with van der Waals surface area (Å²) in [6, 6.07) is 8.86. The molecule has 1 amide bonds. The van der Waals surface area contributed by atoms with E-state index in [9.17, 15) is 31.1 Å². The van der Waals surface area contributed by atoms with Crippen molar-refractivity contribution in [2.24, 2.45) is 7.05 Å². The van der Waals surface area contributed by atoms with E-state index in [1.54, 1.807) is 16.2 Å². The van der Waals surface area contributed by atoms with Crippen LogP contribution in [0.15, 0.2) is 48.8 Å². The predicted octanol–water partition coefficient (Wildman–Crippen LogP) is 4.19. The topological polar surface area (TPSA) is 72.1 Å². The Morgan fingerprint density at radius 3 is 2.36 bits per heavy atom. The van der Waals surface area contributed by atoms with Gasteiger partial charge in [0.05, 0.1) is 29.5 Å². The summed E-state index contributed by atoms with van der Waals surface area (Å²) in [7, 11) is 1.69. The molecule has 33 heavy (non-hydrogen) atoms. The number of rotatable bonds is 4. The van der Waals surface area contributed by atoms with Crippen molar-refractivity contribution in [3.63, 3.8) is 0 Å². The highest BCUT2D eigenvalue weighted by Gasteiger charge is 2.38. The number of hydrogen-bond acceptors (Lipinski definition) is 3. The standard InChI is InChI=1S/C21H16F6N4O2/c1-30-10-29-18-17(30)14-8-11(19(33)28-9-16(32)21(25,26)27)2-7-15(14)31(18)13-5-3-12(4-6-13)20(22,23)24/h2-8,10,16,32H,9H2,1H3,(H,28,33)/t16-/m1/s1. The molecule has 0 spiro atoms. The van der Waals surface area contributed by atoms with E-state index in [4.69, 9.17) is 5.11 Å². The van der Waals surface area contributed by atoms with E-state index in [1.165, 1.54) is 36.7 Å². The van der Waals surface area contributed by atoms with E-state index in [1.807, 2.05) is 5.32 Å². The Bertz CT molecular complexity index is 1340. The summed E-state index contributed by atoms with van der Waals surface area (Å²) < 4.78 is 79.5. The van der Waals surface area contributed by atoms with E-state index < -0.39 is 36.5 Å². The maximum Gasteiger partial charge on any atom is 0.416 e. The van der Waals surface area contributed by atoms with Crippen molar-refractivity contribution in [3.8, 4) is 5.69 Å². The Balaban J connectivity index is 1.75. The average molecular weight is 470 g/mol. The number of carbonyl (C=O) groups is 1. The molecule has 4 rings (SSSR count). The van der Waals surface area contributed by atoms with Crippen molar-refractivity contribution < 1.29 is 36.2 Å². The first kappa shape index (κ1) is 22.6. The van der Waals surface area contributed by atoms with Crippen LogP contribution in [0.2, 0.25) is 0 Å². The van der Waals surface area contributed by atoms with Gasteiger partial charge in [0.1, 0.15) is 0 Å². The van der Waals surface area contributed by atoms with Gasteiger partial charge < -0.3 is 15.0 Å². The highest BCUT2D eigenvalue weighted by Crippen LogP contribution is 2.34. The molecular formula is C21H16F6N4O2. The van der Waals surface area contributed by atoms with Gasteiger partial charge in [0.25, 0.3) is 5.91 Å². The largest absolute Gasteiger partial charge is 0.416 e. The third kappa shape index (κ3) is 4.13. The van der Waals surface area contributed by atoms with Crippen molar-refractivity contribution in [2.75, 3.05) is 6.54 Å². The van der Waals surface area contributed by atoms with E-state index >= 15 is 0 Å². The summed E-state index contributed by atoms with van der Waals surface area (Å²) in [5, 5.41) is 11.6. The number of nitrogens with zero attached hydrogens (tertiary/aromatic N) is 3. The number of amides is 1. The minimum atomic E-state index is -4.86. The van der Waals surface area contributed by atoms with Crippen LogP contribution in [0, 0.1) is 0 Å². The summed E-state index contributed by atoms with van der Waals surface area (Å²) in [5.41, 5.74) is 1.19. The number of alkyl halides is 6. The zero-order valence-corrected chi connectivity index (χ0v) is 16.9. The first-order chi connectivity index (χ1) is 15.4. The Kier molecular flexibility index (Phi) is 5.35. The number of aliphatic hydroxyl groups excluding tert-OH is 1. The molecule has 0 aliphatic heterocycles. The summed E-state index contributed by atoms with van der Waals surface area (Å²) in [6.07, 6.45) is -10.6. The summed E-state index contributed by atoms with van der Waals surface area (Å²) >= 11 is 0. The maximum atomic E-state index is 12.9. The third-order valence-corrected chi connectivity index (χ3v) is 5.17. The minimum absolute atomic E-state index is 0.0459. The van der Waals surface area contributed by atoms with Gasteiger partial charge >= 0.3 is 12.4 Å². The van der Waals surface area contributed by atoms with Gasteiger partial charge in [-0.25, -0.2) is 4.98 Å². The van der Waals surface area contributed by atoms with Gasteiger partial charge in [-0.2, -0.15) is 26.3 Å². The first-order valence-electron chi connectivity index (χ1n) is 9.54. The fourth-order valence-corrected chi connectivity index (χ4v) is 3.54. The SMILES string of the molecule is Cn1cnc2c1c1cc(C(=O)NC[C@@H](O)C(F)(F)F)ccc1n2-c1ccc(C(F)(F)F)cc1. The second-order valence-corrected chi connectivity index (χ2v) is 7.41. The lowest BCUT2D eigenvalue weighted by Gasteiger charge is -2.15. The van der Waals surface area contributed by atoms with Gasteiger partial charge in [0.15, 0.2) is 11.8 Å². The summed E-state index contributed by atoms with van der Waals surface area (Å²) in [6.45, 7) is -1.01. The van der Waals surface area contributed by atoms with Crippen LogP contribution < -0.4 is 5.32 Å². The number of aliphatic hydroxyl groups is 1. The molecule has 0 aliphatic carbocycles. The quantitative estimate of drug-likeness (QED) is 0.440. The molecule has 0 fully saturated rings. The number of imidazole rings is 1. The molecule has 2 aromatic heterocycles. The van der Waals surface area contributed by atoms with Crippen molar-refractivity contribution in [1.82, 2.24) is 19.4 Å². The number of nitrogens with one attached hydrogen (secondary N) is 1. The first-order valence-corrected chi connectivity index (χ1v) is 9.54. The number of aryl methyl sites for hydroxylation is 1. The van der Waals surface area contributed by atoms with Crippen LogP contribution in [0.5, 0.6) is 0 Å². The molecule has 0 saturated heterocycles. The number of fused-ring (bicyclic) bond motifs is 3. The highest BCUT2D eigenvalue weighted by atomic mass is 19.4. The van der Waals surface area contributed by atoms with E-state index in [0.717, 1.165) is 12.1 Å². The molecule has 2 aromatic carbocycles. The lowest BCUT2D eigenvalue weighted by atomic mass is 10.1. The molecule has 0 saturated carbocycles. The smallest absolute Gasteiger partial charge is 0.382 e. The van der Waals surface area contributed by atoms with Gasteiger partial charge in [0.2, 0.25) is 0 Å². The van der Waals surface area contributed by atoms with Crippen LogP contribution in [-0.4, -0.2) is 44.0 Å². The predicted molar refractivity (Wildman–Crippen MR) is 107 cm³/mol. The van der Waals surface area contributed by atoms with E-state index in [-0.39, 0.29) is 5.56 Å². The van der Waals surface area contributed by atoms with Crippen LogP contribution >= 0.6 is 0 Å². The molecule has 174 valence electrons. The van der Waals surface area contributed by atoms with Crippen molar-refractivity contribution in [2.45, 2.75) is 18.5 Å². The van der Waals surface area contributed by atoms with Crippen LogP contribution in [0.3, 0.4) is 0 Å². The molecule has 6 nitrogen and oxygen atoms in total. The average Bonchev–Trinajstić information content (AvgIpc) is 3.27. The molecule has 0 unspecified atom stereocenters. The summed E-state index contributed by atoms with van der Waals surface area (Å²) in [4.78, 5) is 16.7. The lowest BCUT2D eigenvalue weighted by Crippen LogP contribution is -2.40.